The number of hydrogen-bond acceptors (Lipinski definition) is 7. The minimum atomic E-state index is -4.67. The van der Waals surface area contributed by atoms with Crippen LogP contribution in [0.25, 0.3) is 22.5 Å². The van der Waals surface area contributed by atoms with Gasteiger partial charge in [0.05, 0.1) is 29.9 Å². The van der Waals surface area contributed by atoms with Crippen molar-refractivity contribution in [2.24, 2.45) is 0 Å². The zero-order valence-corrected chi connectivity index (χ0v) is 19.7. The van der Waals surface area contributed by atoms with Crippen LogP contribution in [0.4, 0.5) is 24.7 Å². The topological polar surface area (TPSA) is 134 Å². The third kappa shape index (κ3) is 6.14. The smallest absolute Gasteiger partial charge is 0.322 e. The van der Waals surface area contributed by atoms with Gasteiger partial charge in [-0.2, -0.15) is 18.4 Å². The number of pyridine rings is 2. The summed E-state index contributed by atoms with van der Waals surface area (Å²) in [5.41, 5.74) is 2.02. The molecule has 0 aliphatic heterocycles. The molecule has 2 N–H and O–H groups in total. The molecule has 0 aliphatic rings. The Bertz CT molecular complexity index is 1570. The number of nitriles is 1. The Balaban J connectivity index is 1.59. The lowest BCUT2D eigenvalue weighted by molar-refractivity contribution is -0.141. The third-order valence-corrected chi connectivity index (χ3v) is 5.28. The molecule has 190 valence electrons. The van der Waals surface area contributed by atoms with Gasteiger partial charge in [-0.3, -0.25) is 19.6 Å². The molecule has 9 nitrogen and oxygen atoms in total. The first kappa shape index (κ1) is 25.9. The van der Waals surface area contributed by atoms with Gasteiger partial charge in [0.1, 0.15) is 17.9 Å². The van der Waals surface area contributed by atoms with E-state index in [9.17, 15) is 22.8 Å². The fourth-order valence-electron chi connectivity index (χ4n) is 3.46. The molecule has 1 aromatic carbocycles. The van der Waals surface area contributed by atoms with Crippen LogP contribution in [0.5, 0.6) is 0 Å². The first-order valence-electron chi connectivity index (χ1n) is 11.0. The van der Waals surface area contributed by atoms with Crippen LogP contribution in [-0.2, 0) is 11.0 Å². The average molecular weight is 517 g/mol. The Morgan fingerprint density at radius 1 is 0.974 bits per heavy atom. The Morgan fingerprint density at radius 3 is 2.50 bits per heavy atom. The minimum Gasteiger partial charge on any atom is -0.322 e. The van der Waals surface area contributed by atoms with E-state index in [0.29, 0.717) is 34.3 Å². The first-order chi connectivity index (χ1) is 18.1. The molecule has 0 atom stereocenters. The molecule has 0 saturated carbocycles. The summed E-state index contributed by atoms with van der Waals surface area (Å²) in [4.78, 5) is 40.6. The zero-order valence-electron chi connectivity index (χ0n) is 19.7. The summed E-state index contributed by atoms with van der Waals surface area (Å²) in [6.45, 7) is 1.84. The molecule has 2 amide bonds. The summed E-state index contributed by atoms with van der Waals surface area (Å²) in [5.74, 6) is -0.969. The van der Waals surface area contributed by atoms with Gasteiger partial charge in [-0.05, 0) is 48.9 Å². The molecular weight excluding hydrogens is 499 g/mol. The maximum absolute atomic E-state index is 13.0. The fraction of sp³-hybridized carbons (Fsp3) is 0.115. The van der Waals surface area contributed by atoms with Gasteiger partial charge in [0.15, 0.2) is 0 Å². The lowest BCUT2D eigenvalue weighted by Crippen LogP contribution is -2.15. The van der Waals surface area contributed by atoms with E-state index in [2.05, 4.69) is 30.6 Å². The summed E-state index contributed by atoms with van der Waals surface area (Å²) >= 11 is 0. The number of halogens is 3. The lowest BCUT2D eigenvalue weighted by atomic mass is 10.0. The number of hydrogen-bond donors (Lipinski definition) is 2. The van der Waals surface area contributed by atoms with Gasteiger partial charge in [-0.15, -0.1) is 0 Å². The SMILES string of the molecule is Cc1ccc(NC(=O)c2ccnc(C(F)(F)F)c2)cc1-c1cncc(-c2ccnc(NC(=O)CC#N)c2)n1. The van der Waals surface area contributed by atoms with E-state index in [-0.39, 0.29) is 17.8 Å². The van der Waals surface area contributed by atoms with Gasteiger partial charge in [0.2, 0.25) is 5.91 Å². The Kier molecular flexibility index (Phi) is 7.38. The number of anilines is 2. The maximum Gasteiger partial charge on any atom is 0.433 e. The van der Waals surface area contributed by atoms with Crippen LogP contribution in [0.15, 0.2) is 67.3 Å². The van der Waals surface area contributed by atoms with Gasteiger partial charge in [0, 0.05) is 34.8 Å². The Hall–Kier alpha value is -5.18. The van der Waals surface area contributed by atoms with Gasteiger partial charge >= 0.3 is 6.18 Å². The fourth-order valence-corrected chi connectivity index (χ4v) is 3.46. The highest BCUT2D eigenvalue weighted by atomic mass is 19.4. The predicted molar refractivity (Wildman–Crippen MR) is 131 cm³/mol. The van der Waals surface area contributed by atoms with Gasteiger partial charge < -0.3 is 10.6 Å². The molecule has 4 aromatic rings. The molecule has 3 aromatic heterocycles. The summed E-state index contributed by atoms with van der Waals surface area (Å²) in [6.07, 6.45) is 0.497. The van der Waals surface area contributed by atoms with Crippen LogP contribution < -0.4 is 10.6 Å². The third-order valence-electron chi connectivity index (χ3n) is 5.28. The highest BCUT2D eigenvalue weighted by molar-refractivity contribution is 6.04. The van der Waals surface area contributed by atoms with Crippen molar-refractivity contribution in [2.45, 2.75) is 19.5 Å². The maximum atomic E-state index is 13.0. The number of carbonyl (C=O) groups is 2. The molecule has 0 saturated heterocycles. The van der Waals surface area contributed by atoms with Gasteiger partial charge in [-0.25, -0.2) is 9.97 Å². The number of aromatic nitrogens is 4. The average Bonchev–Trinajstić information content (AvgIpc) is 2.89. The van der Waals surface area contributed by atoms with Crippen LogP contribution in [-0.4, -0.2) is 31.8 Å². The molecule has 38 heavy (non-hydrogen) atoms. The van der Waals surface area contributed by atoms with E-state index in [0.717, 1.165) is 11.8 Å². The quantitative estimate of drug-likeness (QED) is 0.366. The van der Waals surface area contributed by atoms with Crippen molar-refractivity contribution < 1.29 is 22.8 Å². The minimum absolute atomic E-state index is 0.188. The van der Waals surface area contributed by atoms with E-state index < -0.39 is 23.7 Å². The summed E-state index contributed by atoms with van der Waals surface area (Å²) in [5, 5.41) is 13.8. The van der Waals surface area contributed by atoms with Gasteiger partial charge in [0.25, 0.3) is 5.91 Å². The summed E-state index contributed by atoms with van der Waals surface area (Å²) in [7, 11) is 0. The largest absolute Gasteiger partial charge is 0.433 e. The van der Waals surface area contributed by atoms with Crippen molar-refractivity contribution in [2.75, 3.05) is 10.6 Å². The second-order valence-corrected chi connectivity index (χ2v) is 8.01. The van der Waals surface area contributed by atoms with Crippen molar-refractivity contribution in [3.8, 4) is 28.6 Å². The van der Waals surface area contributed by atoms with Crippen molar-refractivity contribution in [1.29, 1.82) is 5.26 Å². The number of nitrogens with zero attached hydrogens (tertiary/aromatic N) is 5. The van der Waals surface area contributed by atoms with Crippen LogP contribution in [0.1, 0.15) is 28.0 Å². The van der Waals surface area contributed by atoms with Crippen LogP contribution in [0.2, 0.25) is 0 Å². The summed E-state index contributed by atoms with van der Waals surface area (Å²) in [6, 6.07) is 11.9. The molecule has 0 spiro atoms. The second kappa shape index (κ2) is 10.8. The Labute approximate surface area is 214 Å². The monoisotopic (exact) mass is 517 g/mol. The predicted octanol–water partition coefficient (Wildman–Crippen LogP) is 5.03. The molecule has 12 heteroatoms. The highest BCUT2D eigenvalue weighted by Crippen LogP contribution is 2.29. The van der Waals surface area contributed by atoms with E-state index in [1.54, 1.807) is 36.4 Å². The van der Waals surface area contributed by atoms with E-state index in [1.165, 1.54) is 24.7 Å². The van der Waals surface area contributed by atoms with Crippen molar-refractivity contribution in [3.05, 3.63) is 84.1 Å². The number of benzene rings is 1. The van der Waals surface area contributed by atoms with Crippen molar-refractivity contribution >= 4 is 23.3 Å². The number of amides is 2. The molecule has 0 aliphatic carbocycles. The second-order valence-electron chi connectivity index (χ2n) is 8.01. The standard InChI is InChI=1S/C26H18F3N7O2/c1-15-2-3-18(34-25(38)17-6-8-32-22(10-17)26(27,28)29)12-19(15)21-14-31-13-20(35-21)16-5-9-33-23(11-16)36-24(37)4-7-30/h2-3,5-6,8-14H,4H2,1H3,(H,34,38)(H,33,36,37). The number of aryl methyl sites for hydroxylation is 1. The highest BCUT2D eigenvalue weighted by Gasteiger charge is 2.33. The van der Waals surface area contributed by atoms with E-state index in [4.69, 9.17) is 5.26 Å². The molecule has 0 bridgehead atoms. The molecular formula is C26H18F3N7O2. The van der Waals surface area contributed by atoms with Crippen LogP contribution >= 0.6 is 0 Å². The number of rotatable bonds is 6. The number of carbonyl (C=O) groups excluding carboxylic acids is 2. The lowest BCUT2D eigenvalue weighted by Gasteiger charge is -2.12. The van der Waals surface area contributed by atoms with E-state index >= 15 is 0 Å². The van der Waals surface area contributed by atoms with Crippen LogP contribution in [0.3, 0.4) is 0 Å². The number of alkyl halides is 3. The van der Waals surface area contributed by atoms with Crippen LogP contribution in [0, 0.1) is 18.3 Å². The molecule has 3 heterocycles. The molecule has 0 unspecified atom stereocenters. The number of nitrogens with one attached hydrogen (secondary N) is 2. The molecule has 4 rings (SSSR count). The van der Waals surface area contributed by atoms with Crippen molar-refractivity contribution in [3.63, 3.8) is 0 Å². The first-order valence-corrected chi connectivity index (χ1v) is 11.0. The van der Waals surface area contributed by atoms with E-state index in [1.807, 2.05) is 6.92 Å². The summed E-state index contributed by atoms with van der Waals surface area (Å²) < 4.78 is 38.9. The van der Waals surface area contributed by atoms with Crippen molar-refractivity contribution in [1.82, 2.24) is 19.9 Å². The normalized spacial score (nSPS) is 10.9. The zero-order chi connectivity index (χ0) is 27.3. The van der Waals surface area contributed by atoms with Gasteiger partial charge in [-0.1, -0.05) is 6.07 Å². The molecule has 0 fully saturated rings. The molecule has 0 radical (unpaired) electrons. The Morgan fingerprint density at radius 2 is 1.74 bits per heavy atom.